The zero-order chi connectivity index (χ0) is 17.3. The van der Waals surface area contributed by atoms with Gasteiger partial charge in [0.15, 0.2) is 0 Å². The van der Waals surface area contributed by atoms with E-state index in [0.717, 1.165) is 30.6 Å². The first-order chi connectivity index (χ1) is 11.4. The summed E-state index contributed by atoms with van der Waals surface area (Å²) in [5.74, 6) is 3.00. The molecule has 0 saturated carbocycles. The van der Waals surface area contributed by atoms with Gasteiger partial charge >= 0.3 is 0 Å². The Morgan fingerprint density at radius 2 is 2.08 bits per heavy atom. The first kappa shape index (κ1) is 16.9. The molecule has 1 N–H and O–H groups in total. The molecular formula is C21H28O3. The molecule has 2 unspecified atom stereocenters. The Labute approximate surface area is 145 Å². The SMILES string of the molecule is COc1cc(O)cc(C(C)CC2=CC=C3OC(C)(C)CCC3C2)c1. The topological polar surface area (TPSA) is 38.7 Å². The quantitative estimate of drug-likeness (QED) is 0.813. The fraction of sp³-hybridized carbons (Fsp3) is 0.524. The molecule has 1 aromatic carbocycles. The van der Waals surface area contributed by atoms with Gasteiger partial charge in [-0.3, -0.25) is 0 Å². The van der Waals surface area contributed by atoms with Crippen molar-refractivity contribution in [3.05, 3.63) is 47.2 Å². The van der Waals surface area contributed by atoms with E-state index in [1.165, 1.54) is 12.0 Å². The minimum Gasteiger partial charge on any atom is -0.508 e. The third-order valence-electron chi connectivity index (χ3n) is 5.17. The number of hydrogen-bond donors (Lipinski definition) is 1. The lowest BCUT2D eigenvalue weighted by atomic mass is 9.80. The average Bonchev–Trinajstić information content (AvgIpc) is 2.53. The molecule has 1 aromatic rings. The summed E-state index contributed by atoms with van der Waals surface area (Å²) < 4.78 is 11.4. The van der Waals surface area contributed by atoms with Crippen LogP contribution in [0.3, 0.4) is 0 Å². The van der Waals surface area contributed by atoms with Gasteiger partial charge in [-0.1, -0.05) is 18.6 Å². The Kier molecular flexibility index (Phi) is 4.62. The van der Waals surface area contributed by atoms with Crippen LogP contribution in [0.5, 0.6) is 11.5 Å². The van der Waals surface area contributed by atoms with Gasteiger partial charge in [-0.25, -0.2) is 0 Å². The predicted molar refractivity (Wildman–Crippen MR) is 96.4 cm³/mol. The van der Waals surface area contributed by atoms with Gasteiger partial charge in [0.1, 0.15) is 22.9 Å². The van der Waals surface area contributed by atoms with Gasteiger partial charge < -0.3 is 14.6 Å². The van der Waals surface area contributed by atoms with E-state index in [-0.39, 0.29) is 11.4 Å². The number of hydrogen-bond acceptors (Lipinski definition) is 3. The molecule has 0 aromatic heterocycles. The van der Waals surface area contributed by atoms with E-state index in [9.17, 15) is 5.11 Å². The van der Waals surface area contributed by atoms with Crippen LogP contribution in [0.2, 0.25) is 0 Å². The van der Waals surface area contributed by atoms with Gasteiger partial charge in [0.25, 0.3) is 0 Å². The van der Waals surface area contributed by atoms with Crippen molar-refractivity contribution in [1.82, 2.24) is 0 Å². The van der Waals surface area contributed by atoms with Crippen molar-refractivity contribution in [2.24, 2.45) is 5.92 Å². The number of phenols is 1. The van der Waals surface area contributed by atoms with E-state index in [1.54, 1.807) is 13.2 Å². The molecule has 0 radical (unpaired) electrons. The van der Waals surface area contributed by atoms with Gasteiger partial charge in [0.05, 0.1) is 7.11 Å². The van der Waals surface area contributed by atoms with Gasteiger partial charge in [0, 0.05) is 12.0 Å². The number of rotatable bonds is 4. The molecule has 0 spiro atoms. The molecular weight excluding hydrogens is 300 g/mol. The molecule has 1 heterocycles. The van der Waals surface area contributed by atoms with Gasteiger partial charge in [-0.05, 0) is 69.2 Å². The van der Waals surface area contributed by atoms with Crippen LogP contribution in [0.4, 0.5) is 0 Å². The van der Waals surface area contributed by atoms with Crippen LogP contribution in [-0.4, -0.2) is 17.8 Å². The summed E-state index contributed by atoms with van der Waals surface area (Å²) in [7, 11) is 1.63. The smallest absolute Gasteiger partial charge is 0.122 e. The number of ether oxygens (including phenoxy) is 2. The molecule has 0 bridgehead atoms. The van der Waals surface area contributed by atoms with E-state index in [0.29, 0.717) is 17.6 Å². The van der Waals surface area contributed by atoms with Crippen molar-refractivity contribution in [2.75, 3.05) is 7.11 Å². The second-order valence-electron chi connectivity index (χ2n) is 7.76. The van der Waals surface area contributed by atoms with E-state index < -0.39 is 0 Å². The van der Waals surface area contributed by atoms with E-state index >= 15 is 0 Å². The Hall–Kier alpha value is -1.90. The molecule has 1 fully saturated rings. The molecule has 2 atom stereocenters. The van der Waals surface area contributed by atoms with Crippen LogP contribution in [0.1, 0.15) is 57.9 Å². The van der Waals surface area contributed by atoms with Crippen LogP contribution in [0.15, 0.2) is 41.7 Å². The van der Waals surface area contributed by atoms with Crippen LogP contribution >= 0.6 is 0 Å². The van der Waals surface area contributed by atoms with Gasteiger partial charge in [-0.2, -0.15) is 0 Å². The summed E-state index contributed by atoms with van der Waals surface area (Å²) in [5.41, 5.74) is 2.55. The highest BCUT2D eigenvalue weighted by atomic mass is 16.5. The molecule has 1 saturated heterocycles. The summed E-state index contributed by atoms with van der Waals surface area (Å²) in [6.45, 7) is 6.54. The van der Waals surface area contributed by atoms with Crippen molar-refractivity contribution in [3.63, 3.8) is 0 Å². The molecule has 3 nitrogen and oxygen atoms in total. The highest BCUT2D eigenvalue weighted by molar-refractivity contribution is 5.39. The number of fused-ring (bicyclic) bond motifs is 1. The lowest BCUT2D eigenvalue weighted by Gasteiger charge is -2.39. The summed E-state index contributed by atoms with van der Waals surface area (Å²) >= 11 is 0. The maximum atomic E-state index is 9.86. The van der Waals surface area contributed by atoms with Crippen molar-refractivity contribution in [1.29, 1.82) is 0 Å². The third kappa shape index (κ3) is 3.77. The largest absolute Gasteiger partial charge is 0.508 e. The van der Waals surface area contributed by atoms with Crippen LogP contribution < -0.4 is 4.74 Å². The molecule has 3 heteroatoms. The van der Waals surface area contributed by atoms with Gasteiger partial charge in [-0.15, -0.1) is 0 Å². The molecule has 0 amide bonds. The zero-order valence-corrected chi connectivity index (χ0v) is 15.1. The number of methoxy groups -OCH3 is 1. The van der Waals surface area contributed by atoms with E-state index in [4.69, 9.17) is 9.47 Å². The highest BCUT2D eigenvalue weighted by Gasteiger charge is 2.33. The Morgan fingerprint density at radius 1 is 1.29 bits per heavy atom. The van der Waals surface area contributed by atoms with E-state index in [2.05, 4.69) is 32.9 Å². The molecule has 1 aliphatic heterocycles. The predicted octanol–water partition coefficient (Wildman–Crippen LogP) is 5.31. The summed E-state index contributed by atoms with van der Waals surface area (Å²) in [6, 6.07) is 5.50. The number of aromatic hydroxyl groups is 1. The molecule has 2 aliphatic rings. The second-order valence-corrected chi connectivity index (χ2v) is 7.76. The maximum Gasteiger partial charge on any atom is 0.122 e. The second kappa shape index (κ2) is 6.54. The highest BCUT2D eigenvalue weighted by Crippen LogP contribution is 2.42. The van der Waals surface area contributed by atoms with Crippen molar-refractivity contribution in [3.8, 4) is 11.5 Å². The third-order valence-corrected chi connectivity index (χ3v) is 5.17. The van der Waals surface area contributed by atoms with Crippen molar-refractivity contribution < 1.29 is 14.6 Å². The Morgan fingerprint density at radius 3 is 2.83 bits per heavy atom. The Bertz CT molecular complexity index is 670. The number of phenolic OH excluding ortho intramolecular Hbond substituents is 1. The fourth-order valence-corrected chi connectivity index (χ4v) is 3.75. The standard InChI is InChI=1S/C21H28O3/c1-14(17-11-18(22)13-19(12-17)23-4)9-15-5-6-20-16(10-15)7-8-21(2,3)24-20/h5-6,11-14,16,22H,7-10H2,1-4H3. The van der Waals surface area contributed by atoms with Crippen molar-refractivity contribution in [2.45, 2.75) is 58.0 Å². The summed E-state index contributed by atoms with van der Waals surface area (Å²) in [6.07, 6.45) is 8.79. The summed E-state index contributed by atoms with van der Waals surface area (Å²) in [5, 5.41) is 9.86. The minimum absolute atomic E-state index is 0.0287. The monoisotopic (exact) mass is 328 g/mol. The van der Waals surface area contributed by atoms with E-state index in [1.807, 2.05) is 12.1 Å². The molecule has 1 aliphatic carbocycles. The molecule has 24 heavy (non-hydrogen) atoms. The maximum absolute atomic E-state index is 9.86. The van der Waals surface area contributed by atoms with Crippen LogP contribution in [0.25, 0.3) is 0 Å². The lowest BCUT2D eigenvalue weighted by molar-refractivity contribution is -0.0242. The van der Waals surface area contributed by atoms with Gasteiger partial charge in [0.2, 0.25) is 0 Å². The number of allylic oxidation sites excluding steroid dienone is 4. The first-order valence-corrected chi connectivity index (χ1v) is 8.83. The lowest BCUT2D eigenvalue weighted by Crippen LogP contribution is -2.33. The Balaban J connectivity index is 1.71. The summed E-state index contributed by atoms with van der Waals surface area (Å²) in [4.78, 5) is 0. The average molecular weight is 328 g/mol. The normalized spacial score (nSPS) is 23.4. The van der Waals surface area contributed by atoms with Crippen LogP contribution in [0, 0.1) is 5.92 Å². The fourth-order valence-electron chi connectivity index (χ4n) is 3.75. The minimum atomic E-state index is -0.0287. The van der Waals surface area contributed by atoms with Crippen molar-refractivity contribution >= 4 is 0 Å². The molecule has 3 rings (SSSR count). The molecule has 130 valence electrons. The number of benzene rings is 1. The zero-order valence-electron chi connectivity index (χ0n) is 15.1. The van der Waals surface area contributed by atoms with Crippen LogP contribution in [-0.2, 0) is 4.74 Å². The first-order valence-electron chi connectivity index (χ1n) is 8.83.